The van der Waals surface area contributed by atoms with Gasteiger partial charge in [0.15, 0.2) is 5.11 Å². The Balaban J connectivity index is 1.74. The number of allylic oxidation sites excluding steroid dienone is 1. The van der Waals surface area contributed by atoms with Gasteiger partial charge in [0.05, 0.1) is 11.6 Å². The smallest absolute Gasteiger partial charge is 0.258 e. The number of hydrogen-bond donors (Lipinski definition) is 1. The number of rotatable bonds is 8. The van der Waals surface area contributed by atoms with Crippen LogP contribution in [0, 0.1) is 6.92 Å². The predicted molar refractivity (Wildman–Crippen MR) is 135 cm³/mol. The van der Waals surface area contributed by atoms with Gasteiger partial charge < -0.3 is 19.5 Å². The standard InChI is InChI=1S/C25H27ClN4O2S/c1-4-31-14-6-13-30-17(3)21(22(27-25(30)33)18-11-9-16(2)10-12-18)24-28-23(29-32-24)19-7-5-8-20(26)15-19/h5,7-12,15,22H,4,6,13-14H2,1-3H3,(H,27,33). The number of halogens is 1. The predicted octanol–water partition coefficient (Wildman–Crippen LogP) is 5.79. The first-order valence-corrected chi connectivity index (χ1v) is 11.8. The van der Waals surface area contributed by atoms with Crippen molar-refractivity contribution in [2.75, 3.05) is 19.8 Å². The lowest BCUT2D eigenvalue weighted by molar-refractivity contribution is 0.141. The SMILES string of the molecule is CCOCCCN1C(=S)NC(c2ccc(C)cc2)C(c2nc(-c3cccc(Cl)c3)no2)=C1C. The zero-order chi connectivity index (χ0) is 23.4. The van der Waals surface area contributed by atoms with Crippen LogP contribution in [0.2, 0.25) is 5.02 Å². The van der Waals surface area contributed by atoms with E-state index >= 15 is 0 Å². The van der Waals surface area contributed by atoms with Crippen molar-refractivity contribution in [2.24, 2.45) is 0 Å². The Morgan fingerprint density at radius 2 is 1.97 bits per heavy atom. The van der Waals surface area contributed by atoms with Gasteiger partial charge in [-0.1, -0.05) is 58.7 Å². The van der Waals surface area contributed by atoms with Gasteiger partial charge in [-0.05, 0) is 57.1 Å². The molecule has 1 aliphatic rings. The molecule has 0 aliphatic carbocycles. The van der Waals surface area contributed by atoms with Crippen LogP contribution in [0.3, 0.4) is 0 Å². The number of aromatic nitrogens is 2. The summed E-state index contributed by atoms with van der Waals surface area (Å²) in [5, 5.41) is 9.02. The van der Waals surface area contributed by atoms with Crippen molar-refractivity contribution in [1.29, 1.82) is 0 Å². The molecule has 0 saturated carbocycles. The average molecular weight is 483 g/mol. The Kier molecular flexibility index (Phi) is 7.42. The van der Waals surface area contributed by atoms with E-state index in [9.17, 15) is 0 Å². The molecule has 2 aromatic carbocycles. The molecule has 2 heterocycles. The fourth-order valence-corrected chi connectivity index (χ4v) is 4.42. The van der Waals surface area contributed by atoms with Gasteiger partial charge in [0.25, 0.3) is 5.89 Å². The summed E-state index contributed by atoms with van der Waals surface area (Å²) >= 11 is 11.9. The van der Waals surface area contributed by atoms with Crippen LogP contribution < -0.4 is 5.32 Å². The van der Waals surface area contributed by atoms with Crippen LogP contribution in [0.15, 0.2) is 58.8 Å². The largest absolute Gasteiger partial charge is 0.382 e. The summed E-state index contributed by atoms with van der Waals surface area (Å²) in [6.45, 7) is 8.23. The summed E-state index contributed by atoms with van der Waals surface area (Å²) in [5.41, 5.74) is 4.97. The number of nitrogens with one attached hydrogen (secondary N) is 1. The highest BCUT2D eigenvalue weighted by atomic mass is 35.5. The Bertz CT molecular complexity index is 1160. The molecule has 8 heteroatoms. The van der Waals surface area contributed by atoms with Crippen LogP contribution in [0.1, 0.15) is 43.3 Å². The van der Waals surface area contributed by atoms with Crippen molar-refractivity contribution >= 4 is 34.5 Å². The Hall–Kier alpha value is -2.74. The maximum absolute atomic E-state index is 6.16. The van der Waals surface area contributed by atoms with E-state index in [2.05, 4.69) is 46.6 Å². The zero-order valence-corrected chi connectivity index (χ0v) is 20.5. The van der Waals surface area contributed by atoms with Gasteiger partial charge in [-0.2, -0.15) is 4.98 Å². The van der Waals surface area contributed by atoms with Crippen molar-refractivity contribution in [3.63, 3.8) is 0 Å². The Labute approximate surface area is 204 Å². The minimum atomic E-state index is -0.200. The summed E-state index contributed by atoms with van der Waals surface area (Å²) in [4.78, 5) is 6.81. The number of hydrogen-bond acceptors (Lipinski definition) is 5. The molecule has 4 rings (SSSR count). The van der Waals surface area contributed by atoms with Crippen molar-refractivity contribution in [3.8, 4) is 11.4 Å². The van der Waals surface area contributed by atoms with Crippen molar-refractivity contribution in [2.45, 2.75) is 33.2 Å². The summed E-state index contributed by atoms with van der Waals surface area (Å²) in [7, 11) is 0. The molecule has 1 aromatic heterocycles. The lowest BCUT2D eigenvalue weighted by Gasteiger charge is -2.37. The maximum atomic E-state index is 6.16. The number of aryl methyl sites for hydroxylation is 1. The van der Waals surface area contributed by atoms with Gasteiger partial charge in [-0.15, -0.1) is 0 Å². The van der Waals surface area contributed by atoms with E-state index < -0.39 is 0 Å². The van der Waals surface area contributed by atoms with Gasteiger partial charge in [-0.25, -0.2) is 0 Å². The molecule has 1 unspecified atom stereocenters. The molecule has 0 bridgehead atoms. The second kappa shape index (κ2) is 10.5. The molecule has 1 aliphatic heterocycles. The van der Waals surface area contributed by atoms with Crippen LogP contribution in [0.25, 0.3) is 17.0 Å². The fourth-order valence-electron chi connectivity index (χ4n) is 3.88. The number of thiocarbonyl (C=S) groups is 1. The highest BCUT2D eigenvalue weighted by Crippen LogP contribution is 2.37. The maximum Gasteiger partial charge on any atom is 0.258 e. The summed E-state index contributed by atoms with van der Waals surface area (Å²) in [6.07, 6.45) is 0.854. The van der Waals surface area contributed by atoms with Gasteiger partial charge in [0, 0.05) is 36.0 Å². The summed E-state index contributed by atoms with van der Waals surface area (Å²) in [5.74, 6) is 0.948. The zero-order valence-electron chi connectivity index (χ0n) is 19.0. The van der Waals surface area contributed by atoms with Crippen LogP contribution >= 0.6 is 23.8 Å². The Morgan fingerprint density at radius 3 is 2.70 bits per heavy atom. The van der Waals surface area contributed by atoms with Gasteiger partial charge in [0.2, 0.25) is 5.82 Å². The van der Waals surface area contributed by atoms with E-state index in [1.807, 2.05) is 38.1 Å². The van der Waals surface area contributed by atoms with Crippen molar-refractivity contribution in [3.05, 3.63) is 76.3 Å². The summed E-state index contributed by atoms with van der Waals surface area (Å²) in [6, 6.07) is 15.6. The fraction of sp³-hybridized carbons (Fsp3) is 0.320. The molecule has 1 atom stereocenters. The number of nitrogens with zero attached hydrogens (tertiary/aromatic N) is 3. The minimum absolute atomic E-state index is 0.200. The third-order valence-corrected chi connectivity index (χ3v) is 6.19. The minimum Gasteiger partial charge on any atom is -0.382 e. The average Bonchev–Trinajstić information content (AvgIpc) is 3.28. The first-order chi connectivity index (χ1) is 16.0. The second-order valence-electron chi connectivity index (χ2n) is 7.93. The quantitative estimate of drug-likeness (QED) is 0.322. The highest BCUT2D eigenvalue weighted by Gasteiger charge is 2.33. The molecule has 0 saturated heterocycles. The second-order valence-corrected chi connectivity index (χ2v) is 8.75. The van der Waals surface area contributed by atoms with Gasteiger partial charge in [0.1, 0.15) is 0 Å². The monoisotopic (exact) mass is 482 g/mol. The van der Waals surface area contributed by atoms with Crippen LogP contribution in [0.5, 0.6) is 0 Å². The van der Waals surface area contributed by atoms with E-state index in [1.54, 1.807) is 0 Å². The molecule has 1 N–H and O–H groups in total. The lowest BCUT2D eigenvalue weighted by atomic mass is 9.94. The molecule has 0 amide bonds. The van der Waals surface area contributed by atoms with Crippen molar-refractivity contribution < 1.29 is 9.26 Å². The van der Waals surface area contributed by atoms with Crippen molar-refractivity contribution in [1.82, 2.24) is 20.4 Å². The van der Waals surface area contributed by atoms with Gasteiger partial charge in [-0.3, -0.25) is 0 Å². The third-order valence-electron chi connectivity index (χ3n) is 5.62. The Morgan fingerprint density at radius 1 is 1.18 bits per heavy atom. The number of benzene rings is 2. The van der Waals surface area contributed by atoms with E-state index in [-0.39, 0.29) is 6.04 Å². The van der Waals surface area contributed by atoms with Crippen LogP contribution in [-0.2, 0) is 4.74 Å². The molecular weight excluding hydrogens is 456 g/mol. The first-order valence-electron chi connectivity index (χ1n) is 11.0. The molecule has 0 fully saturated rings. The molecule has 33 heavy (non-hydrogen) atoms. The molecule has 3 aromatic rings. The molecule has 0 radical (unpaired) electrons. The highest BCUT2D eigenvalue weighted by molar-refractivity contribution is 7.80. The topological polar surface area (TPSA) is 63.4 Å². The van der Waals surface area contributed by atoms with Gasteiger partial charge >= 0.3 is 0 Å². The third kappa shape index (κ3) is 5.27. The van der Waals surface area contributed by atoms with E-state index in [1.165, 1.54) is 5.56 Å². The normalized spacial score (nSPS) is 16.3. The molecule has 0 spiro atoms. The number of ether oxygens (including phenoxy) is 1. The molecule has 172 valence electrons. The first kappa shape index (κ1) is 23.4. The van der Waals surface area contributed by atoms with Crippen LogP contribution in [0.4, 0.5) is 0 Å². The van der Waals surface area contributed by atoms with E-state index in [0.717, 1.165) is 35.4 Å². The molecule has 6 nitrogen and oxygen atoms in total. The molecular formula is C25H27ClN4O2S. The lowest BCUT2D eigenvalue weighted by Crippen LogP contribution is -2.46. The van der Waals surface area contributed by atoms with Crippen LogP contribution in [-0.4, -0.2) is 39.9 Å². The summed E-state index contributed by atoms with van der Waals surface area (Å²) < 4.78 is 11.3. The van der Waals surface area contributed by atoms with E-state index in [4.69, 9.17) is 38.1 Å². The van der Waals surface area contributed by atoms with E-state index in [0.29, 0.717) is 35.1 Å².